The third kappa shape index (κ3) is 6.31. The highest BCUT2D eigenvalue weighted by molar-refractivity contribution is 5.94. The maximum Gasteiger partial charge on any atom is 0.269 e. The lowest BCUT2D eigenvalue weighted by molar-refractivity contribution is -0.384. The fourth-order valence-electron chi connectivity index (χ4n) is 5.17. The lowest BCUT2D eigenvalue weighted by Gasteiger charge is -2.35. The van der Waals surface area contributed by atoms with Crippen molar-refractivity contribution in [3.63, 3.8) is 0 Å². The van der Waals surface area contributed by atoms with Gasteiger partial charge in [-0.15, -0.1) is 0 Å². The number of amides is 1. The third-order valence-electron chi connectivity index (χ3n) is 7.46. The number of halogens is 2. The van der Waals surface area contributed by atoms with Gasteiger partial charge in [0.1, 0.15) is 11.6 Å². The summed E-state index contributed by atoms with van der Waals surface area (Å²) in [4.78, 5) is 41.3. The molecule has 3 aromatic carbocycles. The third-order valence-corrected chi connectivity index (χ3v) is 7.46. The Labute approximate surface area is 250 Å². The number of aromatic nitrogens is 4. The van der Waals surface area contributed by atoms with Gasteiger partial charge in [0, 0.05) is 56.5 Å². The first-order valence-electron chi connectivity index (χ1n) is 14.1. The zero-order chi connectivity index (χ0) is 30.6. The Morgan fingerprint density at radius 1 is 0.909 bits per heavy atom. The van der Waals surface area contributed by atoms with Crippen molar-refractivity contribution in [1.29, 1.82) is 0 Å². The number of nitrogens with one attached hydrogen (secondary N) is 1. The highest BCUT2D eigenvalue weighted by Gasteiger charge is 2.26. The summed E-state index contributed by atoms with van der Waals surface area (Å²) >= 11 is 0. The first-order chi connectivity index (χ1) is 21.3. The number of rotatable bonds is 9. The molecule has 0 bridgehead atoms. The molecule has 0 spiro atoms. The summed E-state index contributed by atoms with van der Waals surface area (Å²) < 4.78 is 29.3. The van der Waals surface area contributed by atoms with E-state index in [1.54, 1.807) is 23.4 Å². The van der Waals surface area contributed by atoms with Gasteiger partial charge in [-0.2, -0.15) is 9.97 Å². The van der Waals surface area contributed by atoms with Gasteiger partial charge in [-0.1, -0.05) is 42.5 Å². The van der Waals surface area contributed by atoms with Crippen LogP contribution in [0.2, 0.25) is 0 Å². The van der Waals surface area contributed by atoms with E-state index in [9.17, 15) is 23.7 Å². The summed E-state index contributed by atoms with van der Waals surface area (Å²) in [5.41, 5.74) is 3.17. The van der Waals surface area contributed by atoms with Gasteiger partial charge in [-0.3, -0.25) is 14.9 Å². The molecule has 0 atom stereocenters. The monoisotopic (exact) mass is 598 g/mol. The van der Waals surface area contributed by atoms with Crippen LogP contribution in [0.5, 0.6) is 0 Å². The number of fused-ring (bicyclic) bond motifs is 1. The minimum atomic E-state index is -0.800. The Kier molecular flexibility index (Phi) is 8.08. The Bertz CT molecular complexity index is 1790. The Hall–Kier alpha value is -5.46. The topological polar surface area (TPSA) is 122 Å². The second-order valence-corrected chi connectivity index (χ2v) is 10.4. The molecule has 1 aliphatic rings. The van der Waals surface area contributed by atoms with Crippen LogP contribution in [0, 0.1) is 21.7 Å². The number of carbonyl (C=O) groups is 1. The fraction of sp³-hybridized carbons (Fsp3) is 0.226. The zero-order valence-electron chi connectivity index (χ0n) is 23.6. The van der Waals surface area contributed by atoms with E-state index < -0.39 is 22.5 Å². The Morgan fingerprint density at radius 3 is 2.30 bits per heavy atom. The van der Waals surface area contributed by atoms with Crippen molar-refractivity contribution in [2.24, 2.45) is 0 Å². The molecule has 6 rings (SSSR count). The first-order valence-corrected chi connectivity index (χ1v) is 14.1. The molecule has 1 aliphatic heterocycles. The molecule has 0 aliphatic carbocycles. The van der Waals surface area contributed by atoms with Gasteiger partial charge in [0.2, 0.25) is 5.95 Å². The van der Waals surface area contributed by atoms with Crippen molar-refractivity contribution in [3.05, 3.63) is 118 Å². The number of non-ortho nitro benzene ring substituents is 1. The lowest BCUT2D eigenvalue weighted by atomic mass is 10.1. The van der Waals surface area contributed by atoms with Crippen molar-refractivity contribution in [3.8, 4) is 0 Å². The number of nitro groups is 1. The van der Waals surface area contributed by atoms with Gasteiger partial charge in [-0.05, 0) is 29.7 Å². The van der Waals surface area contributed by atoms with Crippen molar-refractivity contribution < 1.29 is 18.5 Å². The van der Waals surface area contributed by atoms with Crippen LogP contribution in [-0.4, -0.2) is 68.0 Å². The molecular formula is C31H28F2N8O3. The van der Waals surface area contributed by atoms with Crippen LogP contribution >= 0.6 is 0 Å². The van der Waals surface area contributed by atoms with Gasteiger partial charge in [-0.25, -0.2) is 13.8 Å². The second-order valence-electron chi connectivity index (χ2n) is 10.4. The predicted octanol–water partition coefficient (Wildman–Crippen LogP) is 4.68. The molecular weight excluding hydrogens is 570 g/mol. The van der Waals surface area contributed by atoms with Crippen LogP contribution in [0.3, 0.4) is 0 Å². The number of anilines is 2. The van der Waals surface area contributed by atoms with Crippen molar-refractivity contribution in [2.45, 2.75) is 13.0 Å². The molecule has 2 aromatic heterocycles. The molecule has 1 amide bonds. The van der Waals surface area contributed by atoms with Crippen LogP contribution in [0.15, 0.2) is 79.1 Å². The molecule has 0 unspecified atom stereocenters. The molecule has 224 valence electrons. The van der Waals surface area contributed by atoms with Crippen LogP contribution in [0.1, 0.15) is 21.5 Å². The fourth-order valence-corrected chi connectivity index (χ4v) is 5.17. The number of nitrogens with zero attached hydrogens (tertiary/aromatic N) is 7. The molecule has 1 saturated heterocycles. The Morgan fingerprint density at radius 2 is 1.61 bits per heavy atom. The van der Waals surface area contributed by atoms with Gasteiger partial charge in [0.05, 0.1) is 17.8 Å². The number of nitro benzene ring substituents is 1. The van der Waals surface area contributed by atoms with E-state index in [2.05, 4.69) is 22.4 Å². The lowest BCUT2D eigenvalue weighted by Crippen LogP contribution is -2.49. The summed E-state index contributed by atoms with van der Waals surface area (Å²) in [6, 6.07) is 19.2. The highest BCUT2D eigenvalue weighted by Crippen LogP contribution is 2.25. The summed E-state index contributed by atoms with van der Waals surface area (Å²) in [5.74, 6) is -1.02. The van der Waals surface area contributed by atoms with E-state index in [-0.39, 0.29) is 11.3 Å². The predicted molar refractivity (Wildman–Crippen MR) is 161 cm³/mol. The number of benzene rings is 3. The minimum absolute atomic E-state index is 0.0129. The molecule has 11 nitrogen and oxygen atoms in total. The van der Waals surface area contributed by atoms with Crippen molar-refractivity contribution >= 4 is 34.5 Å². The number of hydrogen-bond acceptors (Lipinski definition) is 8. The average molecular weight is 599 g/mol. The quantitative estimate of drug-likeness (QED) is 0.192. The van der Waals surface area contributed by atoms with Crippen LogP contribution < -0.4 is 10.2 Å². The van der Waals surface area contributed by atoms with E-state index >= 15 is 0 Å². The molecule has 1 N–H and O–H groups in total. The maximum absolute atomic E-state index is 13.7. The summed E-state index contributed by atoms with van der Waals surface area (Å²) in [5, 5.41) is 14.5. The smallest absolute Gasteiger partial charge is 0.269 e. The van der Waals surface area contributed by atoms with E-state index in [1.165, 1.54) is 17.7 Å². The normalized spacial score (nSPS) is 13.3. The van der Waals surface area contributed by atoms with Gasteiger partial charge >= 0.3 is 0 Å². The van der Waals surface area contributed by atoms with Gasteiger partial charge in [0.15, 0.2) is 17.0 Å². The Balaban J connectivity index is 1.24. The van der Waals surface area contributed by atoms with E-state index in [0.717, 1.165) is 30.2 Å². The van der Waals surface area contributed by atoms with E-state index in [0.29, 0.717) is 62.2 Å². The molecule has 0 saturated carbocycles. The molecule has 1 fully saturated rings. The largest absolute Gasteiger partial charge is 0.368 e. The summed E-state index contributed by atoms with van der Waals surface area (Å²) in [7, 11) is 0. The minimum Gasteiger partial charge on any atom is -0.368 e. The molecule has 44 heavy (non-hydrogen) atoms. The number of imidazole rings is 1. The SMILES string of the molecule is O=C(c1cc(F)cc(F)c1)N1CCN(c2nc(NCCc3ccccc3)c3ncn(Cc4ccc([N+](=O)[O-])cc4)c3n2)CC1. The van der Waals surface area contributed by atoms with Crippen molar-refractivity contribution in [1.82, 2.24) is 24.4 Å². The second kappa shape index (κ2) is 12.4. The number of carbonyl (C=O) groups excluding carboxylic acids is 1. The highest BCUT2D eigenvalue weighted by atomic mass is 19.1. The van der Waals surface area contributed by atoms with E-state index in [4.69, 9.17) is 9.97 Å². The summed E-state index contributed by atoms with van der Waals surface area (Å²) in [6.45, 7) is 2.45. The van der Waals surface area contributed by atoms with Crippen LogP contribution in [-0.2, 0) is 13.0 Å². The summed E-state index contributed by atoms with van der Waals surface area (Å²) in [6.07, 6.45) is 2.44. The first kappa shape index (κ1) is 28.6. The van der Waals surface area contributed by atoms with Crippen LogP contribution in [0.25, 0.3) is 11.2 Å². The number of hydrogen-bond donors (Lipinski definition) is 1. The van der Waals surface area contributed by atoms with Gasteiger partial charge in [0.25, 0.3) is 11.6 Å². The average Bonchev–Trinajstić information content (AvgIpc) is 3.43. The zero-order valence-corrected chi connectivity index (χ0v) is 23.6. The standard InChI is InChI=1S/C31H28F2N8O3/c32-24-16-23(17-25(33)18-24)30(42)38-12-14-39(15-13-38)31-36-28(34-11-10-21-4-2-1-3-5-21)27-29(37-31)40(20-35-27)19-22-6-8-26(9-7-22)41(43)44/h1-9,16-18,20H,10-15,19H2,(H,34,36,37). The number of piperazine rings is 1. The molecule has 5 aromatic rings. The molecule has 0 radical (unpaired) electrons. The van der Waals surface area contributed by atoms with Crippen molar-refractivity contribution in [2.75, 3.05) is 42.9 Å². The molecule has 13 heteroatoms. The maximum atomic E-state index is 13.7. The van der Waals surface area contributed by atoms with Gasteiger partial charge < -0.3 is 19.7 Å². The van der Waals surface area contributed by atoms with Crippen LogP contribution in [0.4, 0.5) is 26.2 Å². The molecule has 3 heterocycles. The van der Waals surface area contributed by atoms with E-state index in [1.807, 2.05) is 27.7 Å².